The third-order valence-electron chi connectivity index (χ3n) is 11.2. The zero-order valence-electron chi connectivity index (χ0n) is 28.9. The number of piperidine rings is 2. The van der Waals surface area contributed by atoms with Crippen molar-refractivity contribution in [2.24, 2.45) is 0 Å². The van der Waals surface area contributed by atoms with E-state index in [1.54, 1.807) is 0 Å². The summed E-state index contributed by atoms with van der Waals surface area (Å²) in [5, 5.41) is 0. The highest BCUT2D eigenvalue weighted by molar-refractivity contribution is 6.77. The van der Waals surface area contributed by atoms with Crippen molar-refractivity contribution in [1.82, 2.24) is 4.90 Å². The molecule has 0 amide bonds. The van der Waals surface area contributed by atoms with E-state index in [0.717, 1.165) is 12.5 Å². The van der Waals surface area contributed by atoms with Gasteiger partial charge in [0.05, 0.1) is 6.10 Å². The number of hydrogen-bond acceptors (Lipinski definition) is 3. The smallest absolute Gasteiger partial charge is 0.200 e. The van der Waals surface area contributed by atoms with Crippen molar-refractivity contribution in [3.63, 3.8) is 0 Å². The Labute approximate surface area is 253 Å². The Bertz CT molecular complexity index is 690. The van der Waals surface area contributed by atoms with Crippen LogP contribution in [0.3, 0.4) is 0 Å². The van der Waals surface area contributed by atoms with Crippen LogP contribution in [0.25, 0.3) is 0 Å². The Hall–Kier alpha value is 0.0538. The molecule has 2 aliphatic rings. The summed E-state index contributed by atoms with van der Waals surface area (Å²) in [5.41, 5.74) is 1.94. The van der Waals surface area contributed by atoms with Crippen molar-refractivity contribution in [3.8, 4) is 0 Å². The van der Waals surface area contributed by atoms with Gasteiger partial charge >= 0.3 is 0 Å². The fourth-order valence-corrected chi connectivity index (χ4v) is 17.2. The minimum absolute atomic E-state index is 0.379. The topological polar surface area (TPSA) is 21.7 Å². The Morgan fingerprint density at radius 1 is 0.800 bits per heavy atom. The van der Waals surface area contributed by atoms with Crippen LogP contribution >= 0.6 is 0 Å². The third-order valence-corrected chi connectivity index (χ3v) is 22.0. The lowest BCUT2D eigenvalue weighted by Gasteiger charge is -2.54. The van der Waals surface area contributed by atoms with Crippen LogP contribution in [0.2, 0.25) is 34.8 Å². The Morgan fingerprint density at radius 3 is 1.98 bits per heavy atom. The molecule has 2 rings (SSSR count). The molecular weight excluding hydrogens is 523 g/mol. The normalized spacial score (nSPS) is 25.9. The molecule has 0 bridgehead atoms. The summed E-state index contributed by atoms with van der Waals surface area (Å²) in [7, 11) is -3.48. The lowest BCUT2D eigenvalue weighted by atomic mass is 9.84. The molecule has 0 aromatic heterocycles. The first-order chi connectivity index (χ1) is 19.0. The van der Waals surface area contributed by atoms with Gasteiger partial charge in [0, 0.05) is 24.2 Å². The van der Waals surface area contributed by atoms with Gasteiger partial charge in [-0.3, -0.25) is 4.90 Å². The minimum atomic E-state index is -1.89. The van der Waals surface area contributed by atoms with Gasteiger partial charge in [-0.2, -0.15) is 0 Å². The van der Waals surface area contributed by atoms with E-state index < -0.39 is 16.6 Å². The van der Waals surface area contributed by atoms with Crippen LogP contribution in [-0.4, -0.2) is 51.9 Å². The predicted octanol–water partition coefficient (Wildman–Crippen LogP) is 11.3. The molecule has 5 atom stereocenters. The van der Waals surface area contributed by atoms with Crippen LogP contribution in [0.15, 0.2) is 12.2 Å². The number of nitrogens with zero attached hydrogens (tertiary/aromatic N) is 1. The molecule has 2 aliphatic heterocycles. The molecule has 40 heavy (non-hydrogen) atoms. The van der Waals surface area contributed by atoms with Crippen molar-refractivity contribution >= 4 is 16.6 Å². The standard InChI is InChI=1S/C35H71NO2Si2/c1-12-16-17-18-24-34(37-39(13-2,14-3)15-4)25-20-23-32-21-19-22-33-26-27-35(31(11)36(32)33)38-40(28(5)6,29(7)8)30(9)10/h20,23,28-35H,12-19,21-22,24-27H2,1-11H3/b23-20+/t31-,32+,33-,34?,35+/m0/s1. The van der Waals surface area contributed by atoms with Gasteiger partial charge in [-0.15, -0.1) is 0 Å². The van der Waals surface area contributed by atoms with Gasteiger partial charge in [0.2, 0.25) is 8.32 Å². The van der Waals surface area contributed by atoms with E-state index >= 15 is 0 Å². The monoisotopic (exact) mass is 594 g/mol. The Balaban J connectivity index is 2.18. The second kappa shape index (κ2) is 17.4. The SMILES string of the molecule is CCCCCCC(C/C=C/[C@H]1CCC[C@H]2CC[C@@H](O[Si](C(C)C)(C(C)C)C(C)C)[C@H](C)N21)O[Si](CC)(CC)CC. The van der Waals surface area contributed by atoms with E-state index in [0.29, 0.717) is 40.9 Å². The molecule has 1 unspecified atom stereocenters. The van der Waals surface area contributed by atoms with Crippen molar-refractivity contribution in [1.29, 1.82) is 0 Å². The highest BCUT2D eigenvalue weighted by atomic mass is 28.4. The summed E-state index contributed by atoms with van der Waals surface area (Å²) in [5.74, 6) is 0. The molecule has 5 heteroatoms. The molecule has 0 spiro atoms. The van der Waals surface area contributed by atoms with Crippen LogP contribution in [0.4, 0.5) is 0 Å². The molecule has 0 aromatic rings. The third kappa shape index (κ3) is 9.03. The molecule has 0 aromatic carbocycles. The fourth-order valence-electron chi connectivity index (χ4n) is 8.64. The van der Waals surface area contributed by atoms with Crippen LogP contribution in [0, 0.1) is 0 Å². The number of unbranched alkanes of at least 4 members (excludes halogenated alkanes) is 3. The van der Waals surface area contributed by atoms with Crippen LogP contribution < -0.4 is 0 Å². The molecule has 0 N–H and O–H groups in total. The average molecular weight is 594 g/mol. The lowest BCUT2D eigenvalue weighted by molar-refractivity contribution is -0.0419. The molecule has 3 nitrogen and oxygen atoms in total. The highest BCUT2D eigenvalue weighted by Crippen LogP contribution is 2.46. The summed E-state index contributed by atoms with van der Waals surface area (Å²) < 4.78 is 14.5. The zero-order valence-corrected chi connectivity index (χ0v) is 30.9. The van der Waals surface area contributed by atoms with Gasteiger partial charge in [-0.1, -0.05) is 113 Å². The van der Waals surface area contributed by atoms with Gasteiger partial charge in [0.1, 0.15) is 0 Å². The van der Waals surface area contributed by atoms with Crippen molar-refractivity contribution in [3.05, 3.63) is 12.2 Å². The zero-order chi connectivity index (χ0) is 29.9. The maximum absolute atomic E-state index is 7.43. The number of rotatable bonds is 18. The van der Waals surface area contributed by atoms with Gasteiger partial charge < -0.3 is 8.85 Å². The molecule has 0 saturated carbocycles. The van der Waals surface area contributed by atoms with Crippen LogP contribution in [-0.2, 0) is 8.85 Å². The van der Waals surface area contributed by atoms with Crippen LogP contribution in [0.5, 0.6) is 0 Å². The molecular formula is C35H71NO2Si2. The maximum atomic E-state index is 7.43. The first kappa shape index (κ1) is 36.2. The van der Waals surface area contributed by atoms with Crippen molar-refractivity contribution in [2.75, 3.05) is 0 Å². The highest BCUT2D eigenvalue weighted by Gasteiger charge is 2.49. The van der Waals surface area contributed by atoms with Gasteiger partial charge in [-0.25, -0.2) is 0 Å². The second-order valence-electron chi connectivity index (χ2n) is 14.4. The Morgan fingerprint density at radius 2 is 1.43 bits per heavy atom. The molecule has 2 fully saturated rings. The summed E-state index contributed by atoms with van der Waals surface area (Å²) in [6.07, 6.45) is 20.1. The van der Waals surface area contributed by atoms with Gasteiger partial charge in [0.15, 0.2) is 8.32 Å². The Kier molecular flexibility index (Phi) is 15.7. The van der Waals surface area contributed by atoms with E-state index in [2.05, 4.69) is 93.2 Å². The first-order valence-electron chi connectivity index (χ1n) is 17.8. The molecule has 2 heterocycles. The first-order valence-corrected chi connectivity index (χ1v) is 22.5. The molecule has 2 saturated heterocycles. The molecule has 236 valence electrons. The molecule has 0 aliphatic carbocycles. The lowest BCUT2D eigenvalue weighted by Crippen LogP contribution is -2.61. The van der Waals surface area contributed by atoms with E-state index in [9.17, 15) is 0 Å². The number of hydrogen-bond donors (Lipinski definition) is 0. The van der Waals surface area contributed by atoms with Crippen molar-refractivity contribution in [2.45, 2.75) is 212 Å². The largest absolute Gasteiger partial charge is 0.414 e. The maximum Gasteiger partial charge on any atom is 0.200 e. The average Bonchev–Trinajstić information content (AvgIpc) is 2.93. The van der Waals surface area contributed by atoms with Crippen molar-refractivity contribution < 1.29 is 8.85 Å². The molecule has 0 radical (unpaired) electrons. The van der Waals surface area contributed by atoms with E-state index in [-0.39, 0.29) is 0 Å². The van der Waals surface area contributed by atoms with Crippen LogP contribution in [0.1, 0.15) is 147 Å². The fraction of sp³-hybridized carbons (Fsp3) is 0.943. The summed E-state index contributed by atoms with van der Waals surface area (Å²) in [6.45, 7) is 26.5. The van der Waals surface area contributed by atoms with E-state index in [4.69, 9.17) is 8.85 Å². The van der Waals surface area contributed by atoms with Gasteiger partial charge in [-0.05, 0) is 80.2 Å². The summed E-state index contributed by atoms with van der Waals surface area (Å²) in [4.78, 5) is 2.90. The van der Waals surface area contributed by atoms with Gasteiger partial charge in [0.25, 0.3) is 0 Å². The summed E-state index contributed by atoms with van der Waals surface area (Å²) >= 11 is 0. The van der Waals surface area contributed by atoms with E-state index in [1.165, 1.54) is 82.3 Å². The second-order valence-corrected chi connectivity index (χ2v) is 24.5. The number of fused-ring (bicyclic) bond motifs is 1. The van der Waals surface area contributed by atoms with E-state index in [1.807, 2.05) is 0 Å². The predicted molar refractivity (Wildman–Crippen MR) is 182 cm³/mol. The summed E-state index contributed by atoms with van der Waals surface area (Å²) in [6, 6.07) is 5.53. The minimum Gasteiger partial charge on any atom is -0.414 e. The quantitative estimate of drug-likeness (QED) is 0.0896.